The second-order valence-corrected chi connectivity index (χ2v) is 7.67. The Kier molecular flexibility index (Phi) is 9.89. The molecule has 0 spiro atoms. The lowest BCUT2D eigenvalue weighted by atomic mass is 9.94. The number of rotatable bonds is 12. The number of carbonyl (C=O) groups is 1. The van der Waals surface area contributed by atoms with E-state index in [1.165, 1.54) is 0 Å². The van der Waals surface area contributed by atoms with E-state index in [0.717, 1.165) is 30.4 Å². The zero-order valence-electron chi connectivity index (χ0n) is 18.0. The molecule has 1 amide bonds. The van der Waals surface area contributed by atoms with Gasteiger partial charge in [0.05, 0.1) is 18.1 Å². The van der Waals surface area contributed by atoms with Gasteiger partial charge in [0.2, 0.25) is 5.91 Å². The molecule has 158 valence electrons. The van der Waals surface area contributed by atoms with E-state index in [-0.39, 0.29) is 17.9 Å². The SMILES string of the molecule is CCC(CC)NC[C@@H](O)[C@H](Cc1ccccc1)NC(=O)C(CC)c1ccccc1. The van der Waals surface area contributed by atoms with Crippen LogP contribution in [0.25, 0.3) is 0 Å². The van der Waals surface area contributed by atoms with E-state index in [0.29, 0.717) is 19.0 Å². The van der Waals surface area contributed by atoms with Crippen LogP contribution in [0.15, 0.2) is 60.7 Å². The topological polar surface area (TPSA) is 61.4 Å². The molecular formula is C25H36N2O2. The van der Waals surface area contributed by atoms with E-state index >= 15 is 0 Å². The minimum absolute atomic E-state index is 0.0267. The highest BCUT2D eigenvalue weighted by Crippen LogP contribution is 2.20. The van der Waals surface area contributed by atoms with Crippen LogP contribution >= 0.6 is 0 Å². The zero-order chi connectivity index (χ0) is 21.1. The molecular weight excluding hydrogens is 360 g/mol. The molecule has 0 saturated heterocycles. The second-order valence-electron chi connectivity index (χ2n) is 7.67. The first-order valence-electron chi connectivity index (χ1n) is 10.9. The van der Waals surface area contributed by atoms with E-state index in [1.54, 1.807) is 0 Å². The third-order valence-electron chi connectivity index (χ3n) is 5.62. The summed E-state index contributed by atoms with van der Waals surface area (Å²) in [5.41, 5.74) is 2.11. The minimum atomic E-state index is -0.659. The first-order chi connectivity index (χ1) is 14.1. The van der Waals surface area contributed by atoms with E-state index in [1.807, 2.05) is 67.6 Å². The summed E-state index contributed by atoms with van der Waals surface area (Å²) in [4.78, 5) is 13.1. The summed E-state index contributed by atoms with van der Waals surface area (Å²) < 4.78 is 0. The van der Waals surface area contributed by atoms with Crippen LogP contribution in [0.5, 0.6) is 0 Å². The second kappa shape index (κ2) is 12.4. The van der Waals surface area contributed by atoms with Crippen molar-refractivity contribution in [3.05, 3.63) is 71.8 Å². The van der Waals surface area contributed by atoms with Crippen LogP contribution < -0.4 is 10.6 Å². The van der Waals surface area contributed by atoms with Gasteiger partial charge in [-0.1, -0.05) is 81.4 Å². The summed E-state index contributed by atoms with van der Waals surface area (Å²) in [5.74, 6) is -0.241. The average molecular weight is 397 g/mol. The zero-order valence-corrected chi connectivity index (χ0v) is 18.0. The summed E-state index contributed by atoms with van der Waals surface area (Å²) in [6.07, 6.45) is 2.70. The third kappa shape index (κ3) is 7.30. The fourth-order valence-electron chi connectivity index (χ4n) is 3.70. The number of hydrogen-bond acceptors (Lipinski definition) is 3. The van der Waals surface area contributed by atoms with Crippen molar-refractivity contribution in [3.63, 3.8) is 0 Å². The summed E-state index contributed by atoms with van der Waals surface area (Å²) in [5, 5.41) is 17.5. The summed E-state index contributed by atoms with van der Waals surface area (Å²) >= 11 is 0. The Bertz CT molecular complexity index is 701. The van der Waals surface area contributed by atoms with E-state index in [4.69, 9.17) is 0 Å². The van der Waals surface area contributed by atoms with Gasteiger partial charge in [0.1, 0.15) is 0 Å². The number of aliphatic hydroxyl groups excluding tert-OH is 1. The fraction of sp³-hybridized carbons (Fsp3) is 0.480. The number of amides is 1. The third-order valence-corrected chi connectivity index (χ3v) is 5.62. The lowest BCUT2D eigenvalue weighted by molar-refractivity contribution is -0.124. The van der Waals surface area contributed by atoms with Crippen molar-refractivity contribution in [2.75, 3.05) is 6.54 Å². The molecule has 1 unspecified atom stereocenters. The number of nitrogens with one attached hydrogen (secondary N) is 2. The van der Waals surface area contributed by atoms with Gasteiger partial charge in [-0.05, 0) is 36.8 Å². The highest BCUT2D eigenvalue weighted by molar-refractivity contribution is 5.83. The molecule has 4 nitrogen and oxygen atoms in total. The molecule has 2 rings (SSSR count). The van der Waals surface area contributed by atoms with Crippen LogP contribution in [0.4, 0.5) is 0 Å². The monoisotopic (exact) mass is 396 g/mol. The molecule has 4 heteroatoms. The molecule has 2 aromatic carbocycles. The van der Waals surface area contributed by atoms with Crippen LogP contribution in [0.1, 0.15) is 57.1 Å². The van der Waals surface area contributed by atoms with Gasteiger partial charge in [0, 0.05) is 12.6 Å². The number of hydrogen-bond donors (Lipinski definition) is 3. The molecule has 3 N–H and O–H groups in total. The smallest absolute Gasteiger partial charge is 0.227 e. The van der Waals surface area contributed by atoms with Gasteiger partial charge in [-0.25, -0.2) is 0 Å². The first-order valence-corrected chi connectivity index (χ1v) is 10.9. The van der Waals surface area contributed by atoms with Crippen molar-refractivity contribution in [2.24, 2.45) is 0 Å². The van der Waals surface area contributed by atoms with Gasteiger partial charge >= 0.3 is 0 Å². The maximum Gasteiger partial charge on any atom is 0.227 e. The number of aliphatic hydroxyl groups is 1. The van der Waals surface area contributed by atoms with Gasteiger partial charge < -0.3 is 15.7 Å². The van der Waals surface area contributed by atoms with Crippen LogP contribution in [0.3, 0.4) is 0 Å². The van der Waals surface area contributed by atoms with Crippen molar-refractivity contribution in [1.29, 1.82) is 0 Å². The molecule has 0 fully saturated rings. The highest BCUT2D eigenvalue weighted by atomic mass is 16.3. The predicted octanol–water partition coefficient (Wildman–Crippen LogP) is 4.05. The molecule has 0 aliphatic heterocycles. The molecule has 0 radical (unpaired) electrons. The van der Waals surface area contributed by atoms with Crippen molar-refractivity contribution >= 4 is 5.91 Å². The Hall–Kier alpha value is -2.17. The Morgan fingerprint density at radius 2 is 1.48 bits per heavy atom. The van der Waals surface area contributed by atoms with Crippen molar-refractivity contribution in [3.8, 4) is 0 Å². The van der Waals surface area contributed by atoms with Crippen LogP contribution in [-0.4, -0.2) is 35.7 Å². The van der Waals surface area contributed by atoms with Gasteiger partial charge in [-0.3, -0.25) is 4.79 Å². The van der Waals surface area contributed by atoms with Crippen molar-refractivity contribution in [1.82, 2.24) is 10.6 Å². The average Bonchev–Trinajstić information content (AvgIpc) is 2.76. The Balaban J connectivity index is 2.11. The maximum atomic E-state index is 13.1. The van der Waals surface area contributed by atoms with Gasteiger partial charge in [-0.15, -0.1) is 0 Å². The van der Waals surface area contributed by atoms with E-state index in [2.05, 4.69) is 24.5 Å². The molecule has 0 heterocycles. The Morgan fingerprint density at radius 1 is 0.897 bits per heavy atom. The number of benzene rings is 2. The summed E-state index contributed by atoms with van der Waals surface area (Å²) in [6.45, 7) is 6.77. The summed E-state index contributed by atoms with van der Waals surface area (Å²) in [7, 11) is 0. The van der Waals surface area contributed by atoms with Crippen LogP contribution in [0, 0.1) is 0 Å². The predicted molar refractivity (Wildman–Crippen MR) is 120 cm³/mol. The fourth-order valence-corrected chi connectivity index (χ4v) is 3.70. The first kappa shape index (κ1) is 23.1. The molecule has 0 aliphatic carbocycles. The van der Waals surface area contributed by atoms with E-state index in [9.17, 15) is 9.90 Å². The lowest BCUT2D eigenvalue weighted by Crippen LogP contribution is -2.51. The Morgan fingerprint density at radius 3 is 2.03 bits per heavy atom. The summed E-state index contributed by atoms with van der Waals surface area (Å²) in [6, 6.07) is 19.9. The normalized spacial score (nSPS) is 14.4. The standard InChI is InChI=1S/C25H36N2O2/c1-4-21(5-2)26-18-24(28)23(17-19-13-9-7-10-14-19)27-25(29)22(6-3)20-15-11-8-12-16-20/h7-16,21-24,26,28H,4-6,17-18H2,1-3H3,(H,27,29)/t22?,23-,24+/m0/s1. The molecule has 0 saturated carbocycles. The van der Waals surface area contributed by atoms with Crippen molar-refractivity contribution < 1.29 is 9.90 Å². The van der Waals surface area contributed by atoms with Crippen molar-refractivity contribution in [2.45, 2.75) is 70.6 Å². The Labute approximate surface area is 175 Å². The van der Waals surface area contributed by atoms with Crippen LogP contribution in [0.2, 0.25) is 0 Å². The van der Waals surface area contributed by atoms with Gasteiger partial charge in [0.15, 0.2) is 0 Å². The molecule has 0 bridgehead atoms. The lowest BCUT2D eigenvalue weighted by Gasteiger charge is -2.28. The highest BCUT2D eigenvalue weighted by Gasteiger charge is 2.26. The maximum absolute atomic E-state index is 13.1. The molecule has 29 heavy (non-hydrogen) atoms. The largest absolute Gasteiger partial charge is 0.390 e. The molecule has 0 aliphatic rings. The minimum Gasteiger partial charge on any atom is -0.390 e. The molecule has 3 atom stereocenters. The van der Waals surface area contributed by atoms with Gasteiger partial charge in [-0.2, -0.15) is 0 Å². The molecule has 0 aromatic heterocycles. The van der Waals surface area contributed by atoms with Crippen LogP contribution in [-0.2, 0) is 11.2 Å². The molecule has 2 aromatic rings. The van der Waals surface area contributed by atoms with Gasteiger partial charge in [0.25, 0.3) is 0 Å². The van der Waals surface area contributed by atoms with E-state index < -0.39 is 6.10 Å². The number of carbonyl (C=O) groups excluding carboxylic acids is 1. The quantitative estimate of drug-likeness (QED) is 0.507.